The average Bonchev–Trinajstić information content (AvgIpc) is 3.07. The second-order valence-corrected chi connectivity index (χ2v) is 7.15. The molecule has 26 heavy (non-hydrogen) atoms. The molecule has 0 bridgehead atoms. The highest BCUT2D eigenvalue weighted by Gasteiger charge is 2.27. The highest BCUT2D eigenvalue weighted by Crippen LogP contribution is 2.26. The number of aryl methyl sites for hydroxylation is 2. The number of hydrogen-bond acceptors (Lipinski definition) is 4. The molecule has 136 valence electrons. The van der Waals surface area contributed by atoms with Gasteiger partial charge in [-0.05, 0) is 48.9 Å². The van der Waals surface area contributed by atoms with Gasteiger partial charge in [0.05, 0.1) is 6.61 Å². The molecule has 1 aromatic heterocycles. The molecular weight excluding hydrogens is 330 g/mol. The van der Waals surface area contributed by atoms with E-state index in [4.69, 9.17) is 9.15 Å². The van der Waals surface area contributed by atoms with Crippen molar-refractivity contribution in [3.05, 3.63) is 68.8 Å². The summed E-state index contributed by atoms with van der Waals surface area (Å²) < 4.78 is 10.9. The zero-order valence-electron chi connectivity index (χ0n) is 15.0. The molecular formula is C21H23NO4. The van der Waals surface area contributed by atoms with Gasteiger partial charge in [-0.15, -0.1) is 0 Å². The highest BCUT2D eigenvalue weighted by molar-refractivity contribution is 5.95. The van der Waals surface area contributed by atoms with Crippen molar-refractivity contribution in [3.8, 4) is 0 Å². The molecule has 5 heteroatoms. The Morgan fingerprint density at radius 1 is 1.23 bits per heavy atom. The van der Waals surface area contributed by atoms with Crippen LogP contribution < -0.4 is 5.63 Å². The van der Waals surface area contributed by atoms with Crippen molar-refractivity contribution < 1.29 is 13.9 Å². The van der Waals surface area contributed by atoms with Crippen molar-refractivity contribution in [2.75, 3.05) is 19.8 Å². The van der Waals surface area contributed by atoms with Crippen LogP contribution in [0.2, 0.25) is 0 Å². The van der Waals surface area contributed by atoms with Crippen LogP contribution in [0.5, 0.6) is 0 Å². The van der Waals surface area contributed by atoms with Crippen LogP contribution >= 0.6 is 0 Å². The van der Waals surface area contributed by atoms with Crippen LogP contribution in [-0.2, 0) is 17.7 Å². The standard InChI is InChI=1S/C21H23NO4/c1-14-11-18(17-8-10-25-13-17)26-21(24)19(14)20(23)22-9-4-7-15-5-2-3-6-16(15)12-22/h2-3,5-6,11,17H,4,7-10,12-13H2,1H3. The van der Waals surface area contributed by atoms with Gasteiger partial charge in [0.15, 0.2) is 0 Å². The molecule has 2 aromatic rings. The Labute approximate surface area is 152 Å². The van der Waals surface area contributed by atoms with Crippen molar-refractivity contribution in [2.24, 2.45) is 0 Å². The molecule has 0 saturated carbocycles. The number of rotatable bonds is 2. The van der Waals surface area contributed by atoms with Crippen molar-refractivity contribution in [1.82, 2.24) is 4.90 Å². The summed E-state index contributed by atoms with van der Waals surface area (Å²) in [5.74, 6) is 0.501. The first kappa shape index (κ1) is 17.0. The Morgan fingerprint density at radius 2 is 2.04 bits per heavy atom. The molecule has 1 fully saturated rings. The lowest BCUT2D eigenvalue weighted by Gasteiger charge is -2.21. The molecule has 1 atom stereocenters. The van der Waals surface area contributed by atoms with E-state index in [1.807, 2.05) is 25.1 Å². The Morgan fingerprint density at radius 3 is 2.77 bits per heavy atom. The zero-order valence-corrected chi connectivity index (χ0v) is 15.0. The molecule has 0 aliphatic carbocycles. The molecule has 1 unspecified atom stereocenters. The van der Waals surface area contributed by atoms with Crippen molar-refractivity contribution >= 4 is 5.91 Å². The van der Waals surface area contributed by atoms with Gasteiger partial charge in [0.2, 0.25) is 0 Å². The van der Waals surface area contributed by atoms with E-state index in [0.29, 0.717) is 37.6 Å². The summed E-state index contributed by atoms with van der Waals surface area (Å²) in [6.45, 7) is 4.24. The lowest BCUT2D eigenvalue weighted by atomic mass is 10.0. The summed E-state index contributed by atoms with van der Waals surface area (Å²) in [6, 6.07) is 10.0. The van der Waals surface area contributed by atoms with Crippen LogP contribution in [0, 0.1) is 6.92 Å². The van der Waals surface area contributed by atoms with Crippen LogP contribution in [0.3, 0.4) is 0 Å². The lowest BCUT2D eigenvalue weighted by Crippen LogP contribution is -2.34. The van der Waals surface area contributed by atoms with E-state index in [0.717, 1.165) is 24.8 Å². The first-order chi connectivity index (χ1) is 12.6. The molecule has 1 aromatic carbocycles. The van der Waals surface area contributed by atoms with Crippen LogP contribution in [0.4, 0.5) is 0 Å². The van der Waals surface area contributed by atoms with Crippen LogP contribution in [0.1, 0.15) is 51.6 Å². The van der Waals surface area contributed by atoms with E-state index in [-0.39, 0.29) is 17.4 Å². The number of nitrogens with zero attached hydrogens (tertiary/aromatic N) is 1. The molecule has 1 amide bonds. The van der Waals surface area contributed by atoms with Gasteiger partial charge >= 0.3 is 5.63 Å². The summed E-state index contributed by atoms with van der Waals surface area (Å²) in [6.07, 6.45) is 2.69. The number of ether oxygens (including phenoxy) is 1. The minimum absolute atomic E-state index is 0.107. The summed E-state index contributed by atoms with van der Waals surface area (Å²) in [5, 5.41) is 0. The minimum atomic E-state index is -0.533. The quantitative estimate of drug-likeness (QED) is 0.833. The smallest absolute Gasteiger partial charge is 0.349 e. The third-order valence-corrected chi connectivity index (χ3v) is 5.35. The van der Waals surface area contributed by atoms with Crippen molar-refractivity contribution in [1.29, 1.82) is 0 Å². The molecule has 3 heterocycles. The highest BCUT2D eigenvalue weighted by atomic mass is 16.5. The van der Waals surface area contributed by atoms with Crippen LogP contribution in [0.25, 0.3) is 0 Å². The fraction of sp³-hybridized carbons (Fsp3) is 0.429. The van der Waals surface area contributed by atoms with E-state index >= 15 is 0 Å². The van der Waals surface area contributed by atoms with E-state index in [1.54, 1.807) is 4.90 Å². The van der Waals surface area contributed by atoms with Crippen LogP contribution in [0.15, 0.2) is 39.5 Å². The molecule has 4 rings (SSSR count). The monoisotopic (exact) mass is 353 g/mol. The maximum absolute atomic E-state index is 13.1. The number of carbonyl (C=O) groups excluding carboxylic acids is 1. The van der Waals surface area contributed by atoms with Gasteiger partial charge < -0.3 is 14.1 Å². The second kappa shape index (κ2) is 7.08. The van der Waals surface area contributed by atoms with Gasteiger partial charge in [0.25, 0.3) is 5.91 Å². The fourth-order valence-corrected chi connectivity index (χ4v) is 3.88. The van der Waals surface area contributed by atoms with Crippen LogP contribution in [-0.4, -0.2) is 30.6 Å². The van der Waals surface area contributed by atoms with Gasteiger partial charge in [-0.1, -0.05) is 24.3 Å². The maximum atomic E-state index is 13.1. The summed E-state index contributed by atoms with van der Waals surface area (Å²) in [7, 11) is 0. The Balaban J connectivity index is 1.63. The van der Waals surface area contributed by atoms with E-state index in [1.165, 1.54) is 5.56 Å². The molecule has 1 saturated heterocycles. The SMILES string of the molecule is Cc1cc(C2CCOC2)oc(=O)c1C(=O)N1CCCc2ccccc2C1. The number of fused-ring (bicyclic) bond motifs is 1. The summed E-state index contributed by atoms with van der Waals surface area (Å²) in [5.41, 5.74) is 2.75. The zero-order chi connectivity index (χ0) is 18.1. The van der Waals surface area contributed by atoms with Gasteiger partial charge in [-0.25, -0.2) is 4.79 Å². The van der Waals surface area contributed by atoms with Gasteiger partial charge in [0, 0.05) is 25.6 Å². The topological polar surface area (TPSA) is 59.8 Å². The van der Waals surface area contributed by atoms with Crippen molar-refractivity contribution in [2.45, 2.75) is 38.6 Å². The summed E-state index contributed by atoms with van der Waals surface area (Å²) >= 11 is 0. The van der Waals surface area contributed by atoms with Crippen molar-refractivity contribution in [3.63, 3.8) is 0 Å². The first-order valence-electron chi connectivity index (χ1n) is 9.22. The summed E-state index contributed by atoms with van der Waals surface area (Å²) in [4.78, 5) is 27.4. The number of hydrogen-bond donors (Lipinski definition) is 0. The number of carbonyl (C=O) groups is 1. The average molecular weight is 353 g/mol. The van der Waals surface area contributed by atoms with Gasteiger partial charge in [-0.3, -0.25) is 4.79 Å². The Kier molecular flexibility index (Phi) is 4.64. The van der Waals surface area contributed by atoms with E-state index < -0.39 is 5.63 Å². The van der Waals surface area contributed by atoms with Gasteiger partial charge in [-0.2, -0.15) is 0 Å². The fourth-order valence-electron chi connectivity index (χ4n) is 3.88. The third-order valence-electron chi connectivity index (χ3n) is 5.35. The van der Waals surface area contributed by atoms with E-state index in [2.05, 4.69) is 12.1 Å². The normalized spacial score (nSPS) is 19.9. The second-order valence-electron chi connectivity index (χ2n) is 7.15. The number of amides is 1. The molecule has 0 N–H and O–H groups in total. The third kappa shape index (κ3) is 3.19. The first-order valence-corrected chi connectivity index (χ1v) is 9.22. The molecule has 2 aliphatic rings. The molecule has 5 nitrogen and oxygen atoms in total. The Hall–Kier alpha value is -2.40. The maximum Gasteiger partial charge on any atom is 0.349 e. The number of benzene rings is 1. The Bertz CT molecular complexity index is 880. The largest absolute Gasteiger partial charge is 0.427 e. The lowest BCUT2D eigenvalue weighted by molar-refractivity contribution is 0.0740. The predicted octanol–water partition coefficient (Wildman–Crippen LogP) is 3.04. The van der Waals surface area contributed by atoms with Gasteiger partial charge in [0.1, 0.15) is 11.3 Å². The molecule has 2 aliphatic heterocycles. The predicted molar refractivity (Wildman–Crippen MR) is 97.4 cm³/mol. The molecule has 0 spiro atoms. The minimum Gasteiger partial charge on any atom is -0.427 e. The van der Waals surface area contributed by atoms with E-state index in [9.17, 15) is 9.59 Å². The molecule has 0 radical (unpaired) electrons.